The minimum atomic E-state index is -1.07. The van der Waals surface area contributed by atoms with Crippen molar-refractivity contribution in [3.05, 3.63) is 0 Å². The van der Waals surface area contributed by atoms with Crippen LogP contribution in [0.15, 0.2) is 0 Å². The van der Waals surface area contributed by atoms with Crippen molar-refractivity contribution in [1.29, 1.82) is 0 Å². The number of ketones is 4. The van der Waals surface area contributed by atoms with Gasteiger partial charge in [0.05, 0.1) is 97.6 Å². The van der Waals surface area contributed by atoms with E-state index in [1.165, 1.54) is 28.1 Å². The summed E-state index contributed by atoms with van der Waals surface area (Å²) in [5, 5.41) is 29.0. The van der Waals surface area contributed by atoms with Gasteiger partial charge < -0.3 is 64.7 Å². The number of Topliss-reactive ketones (excluding diaryl/α,β-unsaturated/α-hetero) is 4. The van der Waals surface area contributed by atoms with Crippen LogP contribution in [-0.2, 0) is 66.9 Å². The van der Waals surface area contributed by atoms with E-state index in [9.17, 15) is 58.2 Å². The predicted molar refractivity (Wildman–Crippen MR) is 395 cm³/mol. The first-order valence-corrected chi connectivity index (χ1v) is 37.6. The first kappa shape index (κ1) is 94.2. The van der Waals surface area contributed by atoms with Gasteiger partial charge >= 0.3 is 0 Å². The fourth-order valence-corrected chi connectivity index (χ4v) is 15.3. The fourth-order valence-electron chi connectivity index (χ4n) is 15.3. The summed E-state index contributed by atoms with van der Waals surface area (Å²) >= 11 is 0. The number of nitrogens with one attached hydrogen (secondary N) is 3. The van der Waals surface area contributed by atoms with E-state index in [0.29, 0.717) is 25.9 Å². The van der Waals surface area contributed by atoms with Crippen LogP contribution in [0.2, 0.25) is 0 Å². The number of likely N-dealkylation sites (N-methyl/N-ethyl adjacent to an activating group) is 4. The van der Waals surface area contributed by atoms with Gasteiger partial charge in [-0.15, -0.1) is 0 Å². The van der Waals surface area contributed by atoms with Crippen molar-refractivity contribution in [2.75, 3.05) is 76.8 Å². The van der Waals surface area contributed by atoms with Crippen molar-refractivity contribution in [3.63, 3.8) is 0 Å². The summed E-state index contributed by atoms with van der Waals surface area (Å²) in [5.74, 6) is -5.16. The molecule has 0 radical (unpaired) electrons. The zero-order valence-electron chi connectivity index (χ0n) is 67.8. The number of amides is 6. The lowest BCUT2D eigenvalue weighted by molar-refractivity contribution is -0.149. The second kappa shape index (κ2) is 44.9. The minimum absolute atomic E-state index is 0.00473. The van der Waals surface area contributed by atoms with Gasteiger partial charge in [0.2, 0.25) is 35.4 Å². The van der Waals surface area contributed by atoms with Crippen molar-refractivity contribution in [2.24, 2.45) is 71.0 Å². The first-order valence-electron chi connectivity index (χ1n) is 37.6. The summed E-state index contributed by atoms with van der Waals surface area (Å²) in [5.41, 5.74) is 0. The van der Waals surface area contributed by atoms with Gasteiger partial charge in [-0.2, -0.15) is 0 Å². The first-order chi connectivity index (χ1) is 47.0. The van der Waals surface area contributed by atoms with Gasteiger partial charge in [-0.25, -0.2) is 0 Å². The average molecular weight is 1440 g/mol. The topological polar surface area (TPSA) is 300 Å². The Hall–Kier alpha value is -4.82. The lowest BCUT2D eigenvalue weighted by Gasteiger charge is -2.41. The number of methoxy groups -OCH3 is 4. The molecular weight excluding hydrogens is 1290 g/mol. The molecule has 0 aromatic carbocycles. The number of ether oxygens (including phenoxy) is 4. The Balaban J connectivity index is 0.00000101. The van der Waals surface area contributed by atoms with Crippen molar-refractivity contribution in [3.8, 4) is 0 Å². The van der Waals surface area contributed by atoms with Gasteiger partial charge in [-0.05, 0) is 96.2 Å². The highest BCUT2D eigenvalue weighted by atomic mass is 16.5. The number of nitrogens with zero attached hydrogens (tertiary/aromatic N) is 5. The van der Waals surface area contributed by atoms with Crippen LogP contribution in [0.1, 0.15) is 203 Å². The SMILES string of the molecule is CC[C@H](C)[C@@H]([C@@H](CC(=O)N1CCC[C@H]1C(OC)[C@@H](C)C(=O)N[C@H](C(=O)C(C)C)C(C)O)OC)N(C)C(=O)[C@@H](CC(=O)[C@@H](NC)C(C)C)C(C)C.CC[C@H](C)[C@@H]([C@@H](CC(=O)N1CCC[C@H]1[C@H](OC)[C@@H](C)C(=O)N[C@H](C(=O)C(C)C)C(C)O)OC)N(C)C(=O)[C@@H](CC(=O)[C@H](C(C)C)N(C)C)C(C)C. The van der Waals surface area contributed by atoms with Crippen LogP contribution < -0.4 is 16.0 Å². The maximum Gasteiger partial charge on any atom is 0.226 e. The molecule has 20 atom stereocenters. The van der Waals surface area contributed by atoms with Gasteiger partial charge in [0.15, 0.2) is 23.1 Å². The number of aliphatic hydroxyl groups is 2. The number of carbonyl (C=O) groups is 10. The maximum absolute atomic E-state index is 14.2. The molecule has 0 spiro atoms. The van der Waals surface area contributed by atoms with Crippen LogP contribution in [0.4, 0.5) is 0 Å². The third-order valence-electron chi connectivity index (χ3n) is 21.8. The van der Waals surface area contributed by atoms with Crippen LogP contribution in [0.5, 0.6) is 0 Å². The summed E-state index contributed by atoms with van der Waals surface area (Å²) in [6.07, 6.45) is -0.182. The average Bonchev–Trinajstić information content (AvgIpc) is 1.76. The molecular formula is C77H142N8O16. The van der Waals surface area contributed by atoms with Crippen LogP contribution in [0.25, 0.3) is 0 Å². The quantitative estimate of drug-likeness (QED) is 0.0400. The summed E-state index contributed by atoms with van der Waals surface area (Å²) in [6, 6.07) is -4.37. The lowest BCUT2D eigenvalue weighted by atomic mass is 9.83. The highest BCUT2D eigenvalue weighted by molar-refractivity contribution is 5.93. The van der Waals surface area contributed by atoms with Gasteiger partial charge in [0.25, 0.3) is 0 Å². The molecule has 2 aliphatic rings. The molecule has 6 amide bonds. The zero-order chi connectivity index (χ0) is 78.1. The molecule has 0 aliphatic carbocycles. The van der Waals surface area contributed by atoms with Gasteiger partial charge in [0.1, 0.15) is 12.1 Å². The summed E-state index contributed by atoms with van der Waals surface area (Å²) in [4.78, 5) is 144. The van der Waals surface area contributed by atoms with Crippen LogP contribution in [0, 0.1) is 71.0 Å². The third kappa shape index (κ3) is 26.3. The van der Waals surface area contributed by atoms with Crippen molar-refractivity contribution in [1.82, 2.24) is 40.4 Å². The molecule has 24 heteroatoms. The predicted octanol–water partition coefficient (Wildman–Crippen LogP) is 7.29. The Morgan fingerprint density at radius 2 is 0.802 bits per heavy atom. The molecule has 586 valence electrons. The van der Waals surface area contributed by atoms with E-state index in [0.717, 1.165) is 25.7 Å². The molecule has 5 N–H and O–H groups in total. The summed E-state index contributed by atoms with van der Waals surface area (Å²) in [7, 11) is 15.2. The second-order valence-electron chi connectivity index (χ2n) is 31.5. The Kier molecular flexibility index (Phi) is 41.8. The van der Waals surface area contributed by atoms with Crippen molar-refractivity contribution in [2.45, 2.75) is 288 Å². The monoisotopic (exact) mass is 1440 g/mol. The molecule has 2 fully saturated rings. The minimum Gasteiger partial charge on any atom is -0.391 e. The van der Waals surface area contributed by atoms with Crippen molar-refractivity contribution < 1.29 is 77.1 Å². The molecule has 2 saturated heterocycles. The molecule has 24 nitrogen and oxygen atoms in total. The van der Waals surface area contributed by atoms with E-state index < -0.39 is 108 Å². The third-order valence-corrected chi connectivity index (χ3v) is 21.8. The van der Waals surface area contributed by atoms with E-state index in [2.05, 4.69) is 16.0 Å². The van der Waals surface area contributed by atoms with Crippen LogP contribution >= 0.6 is 0 Å². The van der Waals surface area contributed by atoms with Crippen LogP contribution in [-0.4, -0.2) is 255 Å². The lowest BCUT2D eigenvalue weighted by Crippen LogP contribution is -2.56. The maximum atomic E-state index is 14.2. The standard InChI is InChI=1S/C39H72N4O8.C38H70N4O8/c1-16-25(8)35(42(13)39(49)28(22(2)3)20-30(45)34(23(4)5)41(11)12)31(50-14)21-32(46)43-19-17-18-29(43)37(51-15)26(9)38(48)40-33(27(10)44)36(47)24(6)7;1-15-24(8)34(41(12)38(48)27(21(2)3)19-29(44)32(39-11)22(4)5)30(49-13)20-31(45)42-18-16-17-28(42)36(50-14)25(9)37(47)40-33(26(10)43)35(46)23(6)7/h22-29,31,33-35,37,44H,16-21H2,1-15H3,(H,40,48);21-28,30,32-34,36,39,43H,15-20H2,1-14H3,(H,40,47)/t25-,26+,27?,28-,29-,31+,33-,34-,35-,37+;24-,25+,26?,27-,28-,30+,32-,33-,34-,36?/m00/s1. The molecule has 2 heterocycles. The molecule has 3 unspecified atom stereocenters. The normalized spacial score (nSPS) is 20.5. The van der Waals surface area contributed by atoms with E-state index >= 15 is 0 Å². The van der Waals surface area contributed by atoms with Gasteiger partial charge in [0, 0.05) is 92.1 Å². The summed E-state index contributed by atoms with van der Waals surface area (Å²) < 4.78 is 23.7. The Morgan fingerprint density at radius 1 is 0.465 bits per heavy atom. The van der Waals surface area contributed by atoms with Crippen LogP contribution in [0.3, 0.4) is 0 Å². The highest BCUT2D eigenvalue weighted by Gasteiger charge is 2.47. The molecule has 2 aliphatic heterocycles. The van der Waals surface area contributed by atoms with Gasteiger partial charge in [-0.1, -0.05) is 137 Å². The van der Waals surface area contributed by atoms with Crippen molar-refractivity contribution >= 4 is 58.6 Å². The van der Waals surface area contributed by atoms with E-state index in [-0.39, 0.29) is 132 Å². The number of aliphatic hydroxyl groups excluding tert-OH is 2. The zero-order valence-corrected chi connectivity index (χ0v) is 67.8. The Morgan fingerprint density at radius 3 is 1.05 bits per heavy atom. The molecule has 0 bridgehead atoms. The highest BCUT2D eigenvalue weighted by Crippen LogP contribution is 2.34. The molecule has 0 saturated carbocycles. The molecule has 101 heavy (non-hydrogen) atoms. The Labute approximate surface area is 609 Å². The fraction of sp³-hybridized carbons (Fsp3) is 0.870. The molecule has 0 aromatic heterocycles. The Bertz CT molecular complexity index is 2590. The van der Waals surface area contributed by atoms with E-state index in [1.807, 2.05) is 102 Å². The number of hydrogen-bond acceptors (Lipinski definition) is 18. The number of likely N-dealkylation sites (tertiary alicyclic amines) is 2. The largest absolute Gasteiger partial charge is 0.391 e. The number of rotatable bonds is 44. The van der Waals surface area contributed by atoms with E-state index in [4.69, 9.17) is 18.9 Å². The smallest absolute Gasteiger partial charge is 0.226 e. The second-order valence-corrected chi connectivity index (χ2v) is 31.5. The summed E-state index contributed by atoms with van der Waals surface area (Å²) in [6.45, 7) is 38.2. The van der Waals surface area contributed by atoms with E-state index in [1.54, 1.807) is 96.5 Å². The molecule has 0 aromatic rings. The number of hydrogen-bond donors (Lipinski definition) is 5. The molecule has 2 rings (SSSR count). The number of carbonyl (C=O) groups excluding carboxylic acids is 10. The van der Waals surface area contributed by atoms with Gasteiger partial charge in [-0.3, -0.25) is 52.8 Å².